The van der Waals surface area contributed by atoms with E-state index in [1.54, 1.807) is 0 Å². The van der Waals surface area contributed by atoms with E-state index in [-0.39, 0.29) is 0 Å². The molecular weight excluding hydrogens is 292 g/mol. The quantitative estimate of drug-likeness (QED) is 0.523. The van der Waals surface area contributed by atoms with E-state index in [1.807, 2.05) is 0 Å². The Morgan fingerprint density at radius 3 is 2.46 bits per heavy atom. The van der Waals surface area contributed by atoms with Gasteiger partial charge in [0.05, 0.1) is 6.54 Å². The van der Waals surface area contributed by atoms with Gasteiger partial charge in [0.25, 0.3) is 0 Å². The lowest BCUT2D eigenvalue weighted by Crippen LogP contribution is -2.32. The van der Waals surface area contributed by atoms with Gasteiger partial charge in [0.15, 0.2) is 11.0 Å². The summed E-state index contributed by atoms with van der Waals surface area (Å²) in [4.78, 5) is 0. The molecule has 2 heteroatoms. The van der Waals surface area contributed by atoms with Crippen molar-refractivity contribution in [1.82, 2.24) is 4.57 Å². The second-order valence-corrected chi connectivity index (χ2v) is 6.83. The van der Waals surface area contributed by atoms with Crippen LogP contribution in [0.3, 0.4) is 0 Å². The lowest BCUT2D eigenvalue weighted by Gasteiger charge is -2.09. The molecule has 1 aromatic heterocycles. The second kappa shape index (κ2) is 7.65. The van der Waals surface area contributed by atoms with Crippen molar-refractivity contribution in [3.8, 4) is 0 Å². The fourth-order valence-corrected chi connectivity index (χ4v) is 3.26. The number of aromatic nitrogens is 2. The molecule has 3 rings (SSSR count). The summed E-state index contributed by atoms with van der Waals surface area (Å²) < 4.78 is 4.77. The maximum atomic E-state index is 2.40. The molecule has 0 saturated carbocycles. The van der Waals surface area contributed by atoms with Crippen molar-refractivity contribution in [2.24, 2.45) is 0 Å². The first kappa shape index (κ1) is 16.8. The number of rotatable bonds is 7. The number of hydrogen-bond acceptors (Lipinski definition) is 0. The fourth-order valence-electron chi connectivity index (χ4n) is 3.26. The normalized spacial score (nSPS) is 12.6. The van der Waals surface area contributed by atoms with Crippen molar-refractivity contribution >= 4 is 11.0 Å². The van der Waals surface area contributed by atoms with Gasteiger partial charge < -0.3 is 0 Å². The van der Waals surface area contributed by atoms with Crippen LogP contribution in [-0.4, -0.2) is 4.57 Å². The number of imidazole rings is 1. The molecular formula is C22H29N2+. The summed E-state index contributed by atoms with van der Waals surface area (Å²) in [5.41, 5.74) is 5.46. The molecule has 126 valence electrons. The first-order chi connectivity index (χ1) is 11.7. The molecule has 0 aliphatic heterocycles. The van der Waals surface area contributed by atoms with E-state index in [4.69, 9.17) is 0 Å². The Balaban J connectivity index is 1.87. The highest BCUT2D eigenvalue weighted by atomic mass is 15.1. The molecule has 0 radical (unpaired) electrons. The van der Waals surface area contributed by atoms with Gasteiger partial charge in [-0.2, -0.15) is 0 Å². The molecule has 2 aromatic carbocycles. The molecule has 0 aliphatic carbocycles. The Morgan fingerprint density at radius 1 is 1.00 bits per heavy atom. The highest BCUT2D eigenvalue weighted by molar-refractivity contribution is 5.71. The molecule has 0 aliphatic rings. The monoisotopic (exact) mass is 321 g/mol. The van der Waals surface area contributed by atoms with Crippen LogP contribution in [0.1, 0.15) is 57.1 Å². The maximum Gasteiger partial charge on any atom is 0.245 e. The average molecular weight is 321 g/mol. The van der Waals surface area contributed by atoms with Crippen LogP contribution in [-0.2, 0) is 13.1 Å². The van der Waals surface area contributed by atoms with Crippen molar-refractivity contribution in [2.45, 2.75) is 59.0 Å². The average Bonchev–Trinajstić information content (AvgIpc) is 2.98. The lowest BCUT2D eigenvalue weighted by molar-refractivity contribution is -0.663. The Kier molecular flexibility index (Phi) is 5.34. The second-order valence-electron chi connectivity index (χ2n) is 6.83. The Hall–Kier alpha value is -2.09. The van der Waals surface area contributed by atoms with E-state index in [0.29, 0.717) is 5.92 Å². The van der Waals surface area contributed by atoms with E-state index in [1.165, 1.54) is 41.4 Å². The largest absolute Gasteiger partial charge is 0.245 e. The molecule has 0 bridgehead atoms. The van der Waals surface area contributed by atoms with Crippen LogP contribution in [0.4, 0.5) is 0 Å². The molecule has 0 spiro atoms. The Morgan fingerprint density at radius 2 is 1.75 bits per heavy atom. The van der Waals surface area contributed by atoms with Gasteiger partial charge >= 0.3 is 0 Å². The van der Waals surface area contributed by atoms with Gasteiger partial charge in [0.1, 0.15) is 6.54 Å². The van der Waals surface area contributed by atoms with Crippen molar-refractivity contribution in [3.63, 3.8) is 0 Å². The summed E-state index contributed by atoms with van der Waals surface area (Å²) in [6, 6.07) is 17.9. The number of benzene rings is 2. The SMILES string of the molecule is CCCCn1c[n+](Cc2ccc(C(C)CC)cc2)c2ccccc21. The molecule has 1 heterocycles. The third kappa shape index (κ3) is 3.53. The Bertz CT molecular complexity index is 783. The fraction of sp³-hybridized carbons (Fsp3) is 0.409. The van der Waals surface area contributed by atoms with Gasteiger partial charge in [-0.05, 0) is 42.0 Å². The number of aryl methyl sites for hydroxylation is 1. The zero-order chi connectivity index (χ0) is 16.9. The number of unbranched alkanes of at least 4 members (excludes halogenated alkanes) is 1. The minimum Gasteiger partial charge on any atom is -0.230 e. The van der Waals surface area contributed by atoms with Gasteiger partial charge in [-0.1, -0.05) is 63.6 Å². The van der Waals surface area contributed by atoms with Crippen LogP contribution in [0, 0.1) is 0 Å². The zero-order valence-corrected chi connectivity index (χ0v) is 15.2. The highest BCUT2D eigenvalue weighted by Gasteiger charge is 2.15. The summed E-state index contributed by atoms with van der Waals surface area (Å²) in [5.74, 6) is 0.641. The molecule has 3 aromatic rings. The van der Waals surface area contributed by atoms with Crippen molar-refractivity contribution < 1.29 is 4.57 Å². The van der Waals surface area contributed by atoms with E-state index < -0.39 is 0 Å². The molecule has 1 unspecified atom stereocenters. The van der Waals surface area contributed by atoms with Gasteiger partial charge in [-0.25, -0.2) is 9.13 Å². The van der Waals surface area contributed by atoms with Crippen LogP contribution < -0.4 is 4.57 Å². The summed E-state index contributed by atoms with van der Waals surface area (Å²) >= 11 is 0. The van der Waals surface area contributed by atoms with Crippen LogP contribution in [0.5, 0.6) is 0 Å². The Labute approximate surface area is 145 Å². The molecule has 1 atom stereocenters. The first-order valence-electron chi connectivity index (χ1n) is 9.29. The lowest BCUT2D eigenvalue weighted by atomic mass is 9.98. The summed E-state index contributed by atoms with van der Waals surface area (Å²) in [6.45, 7) is 8.82. The van der Waals surface area contributed by atoms with Crippen molar-refractivity contribution in [2.75, 3.05) is 0 Å². The van der Waals surface area contributed by atoms with Gasteiger partial charge in [-0.3, -0.25) is 0 Å². The van der Waals surface area contributed by atoms with Crippen LogP contribution in [0.2, 0.25) is 0 Å². The predicted octanol–water partition coefficient (Wildman–Crippen LogP) is 5.29. The van der Waals surface area contributed by atoms with Crippen LogP contribution in [0.15, 0.2) is 54.9 Å². The van der Waals surface area contributed by atoms with Gasteiger partial charge in [0, 0.05) is 0 Å². The van der Waals surface area contributed by atoms with Crippen LogP contribution in [0.25, 0.3) is 11.0 Å². The topological polar surface area (TPSA) is 8.81 Å². The predicted molar refractivity (Wildman–Crippen MR) is 101 cm³/mol. The number of nitrogens with zero attached hydrogens (tertiary/aromatic N) is 2. The third-order valence-electron chi connectivity index (χ3n) is 5.05. The first-order valence-corrected chi connectivity index (χ1v) is 9.29. The smallest absolute Gasteiger partial charge is 0.230 e. The number of fused-ring (bicyclic) bond motifs is 1. The standard InChI is InChI=1S/C22H29N2/c1-4-6-15-23-17-24(22-10-8-7-9-21(22)23)16-19-11-13-20(14-12-19)18(3)5-2/h7-14,17-18H,4-6,15-16H2,1-3H3/q+1. The molecule has 2 nitrogen and oxygen atoms in total. The number of hydrogen-bond donors (Lipinski definition) is 0. The highest BCUT2D eigenvalue weighted by Crippen LogP contribution is 2.19. The molecule has 0 fully saturated rings. The molecule has 0 N–H and O–H groups in total. The molecule has 0 saturated heterocycles. The van der Waals surface area contributed by atoms with Crippen molar-refractivity contribution in [1.29, 1.82) is 0 Å². The van der Waals surface area contributed by atoms with Gasteiger partial charge in [-0.15, -0.1) is 0 Å². The van der Waals surface area contributed by atoms with E-state index >= 15 is 0 Å². The summed E-state index contributed by atoms with van der Waals surface area (Å²) in [6.07, 6.45) is 5.92. The number of para-hydroxylation sites is 2. The third-order valence-corrected chi connectivity index (χ3v) is 5.05. The minimum atomic E-state index is 0.641. The van der Waals surface area contributed by atoms with E-state index in [9.17, 15) is 0 Å². The zero-order valence-electron chi connectivity index (χ0n) is 15.2. The van der Waals surface area contributed by atoms with Crippen molar-refractivity contribution in [3.05, 3.63) is 66.0 Å². The van der Waals surface area contributed by atoms with Crippen LogP contribution >= 0.6 is 0 Å². The summed E-state index contributed by atoms with van der Waals surface area (Å²) in [7, 11) is 0. The molecule has 24 heavy (non-hydrogen) atoms. The van der Waals surface area contributed by atoms with E-state index in [2.05, 4.69) is 84.8 Å². The maximum absolute atomic E-state index is 2.40. The summed E-state index contributed by atoms with van der Waals surface area (Å²) in [5, 5.41) is 0. The molecule has 0 amide bonds. The minimum absolute atomic E-state index is 0.641. The van der Waals surface area contributed by atoms with Gasteiger partial charge in [0.2, 0.25) is 6.33 Å². The van der Waals surface area contributed by atoms with E-state index in [0.717, 1.165) is 13.1 Å².